The van der Waals surface area contributed by atoms with Crippen LogP contribution in [0, 0.1) is 0 Å². The Hall–Kier alpha value is -3.70. The molecule has 0 radical (unpaired) electrons. The van der Waals surface area contributed by atoms with E-state index in [0.717, 1.165) is 11.3 Å². The molecule has 3 heterocycles. The number of benzene rings is 1. The Morgan fingerprint density at radius 3 is 2.80 bits per heavy atom. The van der Waals surface area contributed by atoms with Crippen LogP contribution in [0.25, 0.3) is 0 Å². The molecule has 3 N–H and O–H groups in total. The minimum atomic E-state index is -0.254. The summed E-state index contributed by atoms with van der Waals surface area (Å²) < 4.78 is 0. The molecule has 3 amide bonds. The summed E-state index contributed by atoms with van der Waals surface area (Å²) in [5.41, 5.74) is 2.82. The molecule has 0 saturated heterocycles. The van der Waals surface area contributed by atoms with Crippen molar-refractivity contribution in [2.24, 2.45) is 0 Å². The van der Waals surface area contributed by atoms with Gasteiger partial charge in [0.1, 0.15) is 16.4 Å². The zero-order valence-electron chi connectivity index (χ0n) is 19.4. The number of aromatic nitrogens is 2. The lowest BCUT2D eigenvalue weighted by atomic mass is 10.1. The van der Waals surface area contributed by atoms with E-state index in [-0.39, 0.29) is 24.3 Å². The summed E-state index contributed by atoms with van der Waals surface area (Å²) in [6, 6.07) is 7.40. The number of nitrogens with zero attached hydrogens (tertiary/aromatic N) is 4. The van der Waals surface area contributed by atoms with Gasteiger partial charge in [0.2, 0.25) is 17.8 Å². The number of nitrogens with one attached hydrogen (secondary N) is 3. The molecule has 1 aromatic carbocycles. The molecule has 1 aliphatic heterocycles. The topological polar surface area (TPSA) is 120 Å². The van der Waals surface area contributed by atoms with Gasteiger partial charge in [-0.25, -0.2) is 4.98 Å². The SMILES string of the molecule is CCN(c1ccc2c(c1)NC(=O)CN(C(C)=O)C2)c1ncc(Cl)c(Nc2ccsc2C(=O)NC)n1. The molecule has 0 unspecified atom stereocenters. The maximum absolute atomic E-state index is 12.3. The van der Waals surface area contributed by atoms with Crippen molar-refractivity contribution in [1.82, 2.24) is 20.2 Å². The predicted molar refractivity (Wildman–Crippen MR) is 137 cm³/mol. The quantitative estimate of drug-likeness (QED) is 0.459. The molecule has 12 heteroatoms. The van der Waals surface area contributed by atoms with Crippen LogP contribution in [0.15, 0.2) is 35.8 Å². The van der Waals surface area contributed by atoms with Crippen molar-refractivity contribution in [3.8, 4) is 0 Å². The number of rotatable bonds is 6. The second-order valence-electron chi connectivity index (χ2n) is 7.74. The molecule has 1 aliphatic rings. The van der Waals surface area contributed by atoms with Gasteiger partial charge in [0.25, 0.3) is 5.91 Å². The third-order valence-corrected chi connectivity index (χ3v) is 6.65. The van der Waals surface area contributed by atoms with Crippen LogP contribution in [0.1, 0.15) is 29.1 Å². The van der Waals surface area contributed by atoms with Crippen LogP contribution in [0.3, 0.4) is 0 Å². The van der Waals surface area contributed by atoms with Crippen LogP contribution in [0.4, 0.5) is 28.8 Å². The van der Waals surface area contributed by atoms with Gasteiger partial charge in [0.05, 0.1) is 11.9 Å². The lowest BCUT2D eigenvalue weighted by Gasteiger charge is -2.23. The van der Waals surface area contributed by atoms with Crippen molar-refractivity contribution >= 4 is 69.5 Å². The second-order valence-corrected chi connectivity index (χ2v) is 9.07. The average Bonchev–Trinajstić information content (AvgIpc) is 3.22. The molecule has 0 atom stereocenters. The summed E-state index contributed by atoms with van der Waals surface area (Å²) in [7, 11) is 1.57. The number of thiophene rings is 1. The van der Waals surface area contributed by atoms with Crippen LogP contribution in [0.2, 0.25) is 5.02 Å². The summed E-state index contributed by atoms with van der Waals surface area (Å²) in [5, 5.41) is 10.7. The standard InChI is InChI=1S/C23H24ClN7O3S/c1-4-31(15-6-5-14-11-30(13(2)32)12-19(33)27-18(14)9-15)23-26-10-16(24)21(29-23)28-17-7-8-35-20(17)22(34)25-3/h5-10H,4,11-12H2,1-3H3,(H,25,34)(H,27,33)(H,26,28,29). The van der Waals surface area contributed by atoms with Gasteiger partial charge in [0, 0.05) is 38.4 Å². The van der Waals surface area contributed by atoms with Crippen LogP contribution < -0.4 is 20.9 Å². The van der Waals surface area contributed by atoms with E-state index in [9.17, 15) is 14.4 Å². The van der Waals surface area contributed by atoms with Gasteiger partial charge in [-0.2, -0.15) is 4.98 Å². The smallest absolute Gasteiger partial charge is 0.263 e. The first-order valence-electron chi connectivity index (χ1n) is 10.9. The highest BCUT2D eigenvalue weighted by molar-refractivity contribution is 7.12. The summed E-state index contributed by atoms with van der Waals surface area (Å²) in [4.78, 5) is 49.2. The van der Waals surface area contributed by atoms with E-state index in [1.54, 1.807) is 18.5 Å². The number of carbonyl (C=O) groups is 3. The minimum absolute atomic E-state index is 0.00674. The minimum Gasteiger partial charge on any atom is -0.354 e. The third kappa shape index (κ3) is 5.20. The zero-order valence-corrected chi connectivity index (χ0v) is 21.0. The Morgan fingerprint density at radius 2 is 2.09 bits per heavy atom. The van der Waals surface area contributed by atoms with Gasteiger partial charge in [0.15, 0.2) is 5.82 Å². The number of fused-ring (bicyclic) bond motifs is 1. The summed E-state index contributed by atoms with van der Waals surface area (Å²) >= 11 is 7.66. The Labute approximate surface area is 211 Å². The summed E-state index contributed by atoms with van der Waals surface area (Å²) in [6.45, 7) is 4.29. The lowest BCUT2D eigenvalue weighted by molar-refractivity contribution is -0.133. The van der Waals surface area contributed by atoms with E-state index in [0.29, 0.717) is 46.1 Å². The Kier molecular flexibility index (Phi) is 7.17. The number of carbonyl (C=O) groups excluding carboxylic acids is 3. The molecule has 0 spiro atoms. The molecule has 2 aromatic heterocycles. The van der Waals surface area contributed by atoms with Crippen molar-refractivity contribution in [3.63, 3.8) is 0 Å². The van der Waals surface area contributed by atoms with E-state index >= 15 is 0 Å². The second kappa shape index (κ2) is 10.3. The van der Waals surface area contributed by atoms with Crippen molar-refractivity contribution in [2.45, 2.75) is 20.4 Å². The number of hydrogen-bond acceptors (Lipinski definition) is 8. The van der Waals surface area contributed by atoms with Gasteiger partial charge in [-0.1, -0.05) is 17.7 Å². The normalized spacial score (nSPS) is 12.9. The Morgan fingerprint density at radius 1 is 1.29 bits per heavy atom. The molecule has 35 heavy (non-hydrogen) atoms. The molecule has 0 aliphatic carbocycles. The zero-order chi connectivity index (χ0) is 25.1. The van der Waals surface area contributed by atoms with Gasteiger partial charge in [-0.15, -0.1) is 11.3 Å². The molecule has 0 fully saturated rings. The molecule has 4 rings (SSSR count). The van der Waals surface area contributed by atoms with Gasteiger partial charge < -0.3 is 25.8 Å². The number of hydrogen-bond donors (Lipinski definition) is 3. The maximum atomic E-state index is 12.3. The highest BCUT2D eigenvalue weighted by Crippen LogP contribution is 2.33. The van der Waals surface area contributed by atoms with E-state index in [2.05, 4.69) is 25.9 Å². The molecule has 3 aromatic rings. The van der Waals surface area contributed by atoms with Crippen LogP contribution >= 0.6 is 22.9 Å². The van der Waals surface area contributed by atoms with Crippen LogP contribution in [-0.2, 0) is 16.1 Å². The number of amides is 3. The van der Waals surface area contributed by atoms with Gasteiger partial charge >= 0.3 is 0 Å². The van der Waals surface area contributed by atoms with Crippen LogP contribution in [-0.4, -0.2) is 52.7 Å². The lowest BCUT2D eigenvalue weighted by Crippen LogP contribution is -2.33. The number of anilines is 5. The highest BCUT2D eigenvalue weighted by Gasteiger charge is 2.23. The Balaban J connectivity index is 1.65. The first-order valence-corrected chi connectivity index (χ1v) is 12.1. The summed E-state index contributed by atoms with van der Waals surface area (Å²) in [6.07, 6.45) is 1.50. The first kappa shape index (κ1) is 24.4. The largest absolute Gasteiger partial charge is 0.354 e. The fraction of sp³-hybridized carbons (Fsp3) is 0.261. The Bertz CT molecular complexity index is 1300. The van der Waals surface area contributed by atoms with Crippen molar-refractivity contribution < 1.29 is 14.4 Å². The van der Waals surface area contributed by atoms with Crippen molar-refractivity contribution in [3.05, 3.63) is 51.3 Å². The van der Waals surface area contributed by atoms with E-state index < -0.39 is 0 Å². The van der Waals surface area contributed by atoms with Crippen molar-refractivity contribution in [1.29, 1.82) is 0 Å². The molecule has 0 saturated carbocycles. The van der Waals surface area contributed by atoms with Crippen molar-refractivity contribution in [2.75, 3.05) is 35.7 Å². The van der Waals surface area contributed by atoms with E-state index in [1.807, 2.05) is 30.0 Å². The molecule has 182 valence electrons. The number of halogens is 1. The summed E-state index contributed by atoms with van der Waals surface area (Å²) in [5.74, 6) is 0.127. The third-order valence-electron chi connectivity index (χ3n) is 5.46. The molecular weight excluding hydrogens is 490 g/mol. The van der Waals surface area contributed by atoms with E-state index in [4.69, 9.17) is 11.6 Å². The monoisotopic (exact) mass is 513 g/mol. The predicted octanol–water partition coefficient (Wildman–Crippen LogP) is 3.75. The van der Waals surface area contributed by atoms with E-state index in [1.165, 1.54) is 29.4 Å². The first-order chi connectivity index (χ1) is 16.8. The fourth-order valence-corrected chi connectivity index (χ4v) is 4.61. The molecular formula is C23H24ClN7O3S. The maximum Gasteiger partial charge on any atom is 0.263 e. The molecule has 10 nitrogen and oxygen atoms in total. The fourth-order valence-electron chi connectivity index (χ4n) is 3.67. The van der Waals surface area contributed by atoms with Gasteiger partial charge in [-0.3, -0.25) is 14.4 Å². The van der Waals surface area contributed by atoms with Crippen LogP contribution in [0.5, 0.6) is 0 Å². The highest BCUT2D eigenvalue weighted by atomic mass is 35.5. The average molecular weight is 514 g/mol. The van der Waals surface area contributed by atoms with Gasteiger partial charge in [-0.05, 0) is 36.1 Å². The molecule has 0 bridgehead atoms.